The molecular weight excluding hydrogens is 322 g/mol. The molecule has 0 aromatic carbocycles. The van der Waals surface area contributed by atoms with Crippen molar-refractivity contribution in [2.75, 3.05) is 57.8 Å². The van der Waals surface area contributed by atoms with Gasteiger partial charge in [-0.3, -0.25) is 14.4 Å². The third-order valence-electron chi connectivity index (χ3n) is 4.81. The molecule has 1 atom stereocenters. The normalized spacial score (nSPS) is 25.9. The SMILES string of the molecule is Cc1nn(C)cc1NC(=O)CN1CCOC[C@@](O)(CN2CCCC2)C1. The number of likely N-dealkylation sites (tertiary alicyclic amines) is 1. The fourth-order valence-corrected chi connectivity index (χ4v) is 3.70. The van der Waals surface area contributed by atoms with Crippen LogP contribution in [0, 0.1) is 6.92 Å². The number of amides is 1. The van der Waals surface area contributed by atoms with Gasteiger partial charge >= 0.3 is 0 Å². The first kappa shape index (κ1) is 18.3. The Morgan fingerprint density at radius 2 is 2.12 bits per heavy atom. The van der Waals surface area contributed by atoms with Gasteiger partial charge in [-0.05, 0) is 32.9 Å². The van der Waals surface area contributed by atoms with Gasteiger partial charge in [-0.2, -0.15) is 5.10 Å². The summed E-state index contributed by atoms with van der Waals surface area (Å²) in [6.07, 6.45) is 4.17. The highest BCUT2D eigenvalue weighted by Crippen LogP contribution is 2.18. The lowest BCUT2D eigenvalue weighted by Gasteiger charge is -2.33. The number of anilines is 1. The van der Waals surface area contributed by atoms with Gasteiger partial charge in [0.1, 0.15) is 5.60 Å². The Morgan fingerprint density at radius 1 is 1.36 bits per heavy atom. The summed E-state index contributed by atoms with van der Waals surface area (Å²) in [6, 6.07) is 0. The number of aromatic nitrogens is 2. The van der Waals surface area contributed by atoms with Gasteiger partial charge in [0.2, 0.25) is 5.91 Å². The number of aliphatic hydroxyl groups is 1. The van der Waals surface area contributed by atoms with Crippen molar-refractivity contribution < 1.29 is 14.6 Å². The number of nitrogens with zero attached hydrogens (tertiary/aromatic N) is 4. The van der Waals surface area contributed by atoms with E-state index < -0.39 is 5.60 Å². The van der Waals surface area contributed by atoms with Gasteiger partial charge in [-0.25, -0.2) is 0 Å². The molecule has 1 amide bonds. The average molecular weight is 351 g/mol. The predicted molar refractivity (Wildman–Crippen MR) is 94.5 cm³/mol. The molecule has 0 saturated carbocycles. The van der Waals surface area contributed by atoms with Crippen molar-refractivity contribution >= 4 is 11.6 Å². The summed E-state index contributed by atoms with van der Waals surface area (Å²) < 4.78 is 7.29. The van der Waals surface area contributed by atoms with E-state index in [-0.39, 0.29) is 12.5 Å². The Labute approximate surface area is 148 Å². The largest absolute Gasteiger partial charge is 0.385 e. The zero-order valence-corrected chi connectivity index (χ0v) is 15.2. The molecular formula is C17H29N5O3. The topological polar surface area (TPSA) is 82.9 Å². The number of ether oxygens (including phenoxy) is 1. The number of nitrogens with one attached hydrogen (secondary N) is 1. The van der Waals surface area contributed by atoms with Crippen molar-refractivity contribution in [2.24, 2.45) is 7.05 Å². The molecule has 8 nitrogen and oxygen atoms in total. The van der Waals surface area contributed by atoms with Crippen LogP contribution in [-0.4, -0.2) is 88.7 Å². The third-order valence-corrected chi connectivity index (χ3v) is 4.81. The minimum absolute atomic E-state index is 0.0958. The molecule has 2 aliphatic heterocycles. The van der Waals surface area contributed by atoms with Crippen LogP contribution in [0.1, 0.15) is 18.5 Å². The maximum absolute atomic E-state index is 12.4. The van der Waals surface area contributed by atoms with Gasteiger partial charge in [0, 0.05) is 32.9 Å². The summed E-state index contributed by atoms with van der Waals surface area (Å²) in [7, 11) is 1.83. The highest BCUT2D eigenvalue weighted by atomic mass is 16.5. The number of rotatable bonds is 5. The minimum Gasteiger partial charge on any atom is -0.385 e. The molecule has 0 bridgehead atoms. The molecule has 1 aromatic heterocycles. The fourth-order valence-electron chi connectivity index (χ4n) is 3.70. The number of hydrogen-bond donors (Lipinski definition) is 2. The van der Waals surface area contributed by atoms with E-state index in [1.54, 1.807) is 10.9 Å². The van der Waals surface area contributed by atoms with E-state index in [0.717, 1.165) is 24.5 Å². The molecule has 1 aromatic rings. The van der Waals surface area contributed by atoms with E-state index in [1.165, 1.54) is 12.8 Å². The maximum Gasteiger partial charge on any atom is 0.238 e. The molecule has 0 aliphatic carbocycles. The Morgan fingerprint density at radius 3 is 2.80 bits per heavy atom. The van der Waals surface area contributed by atoms with E-state index in [4.69, 9.17) is 4.74 Å². The first-order valence-corrected chi connectivity index (χ1v) is 8.98. The lowest BCUT2D eigenvalue weighted by molar-refractivity contribution is -0.118. The quantitative estimate of drug-likeness (QED) is 0.766. The maximum atomic E-state index is 12.4. The molecule has 2 aliphatic rings. The van der Waals surface area contributed by atoms with Crippen LogP contribution in [0.15, 0.2) is 6.20 Å². The molecule has 0 unspecified atom stereocenters. The van der Waals surface area contributed by atoms with Crippen molar-refractivity contribution in [1.29, 1.82) is 0 Å². The van der Waals surface area contributed by atoms with Crippen molar-refractivity contribution in [1.82, 2.24) is 19.6 Å². The van der Waals surface area contributed by atoms with Crippen LogP contribution in [0.3, 0.4) is 0 Å². The number of β-amino-alcohol motifs (C(OH)–C–C–N with tert-alkyl or cyclic N) is 1. The van der Waals surface area contributed by atoms with Crippen molar-refractivity contribution in [2.45, 2.75) is 25.4 Å². The first-order chi connectivity index (χ1) is 11.9. The van der Waals surface area contributed by atoms with Crippen molar-refractivity contribution in [3.63, 3.8) is 0 Å². The Bertz CT molecular complexity index is 599. The van der Waals surface area contributed by atoms with Gasteiger partial charge in [0.25, 0.3) is 0 Å². The Kier molecular flexibility index (Phi) is 5.73. The van der Waals surface area contributed by atoms with E-state index in [1.807, 2.05) is 18.9 Å². The fraction of sp³-hybridized carbons (Fsp3) is 0.765. The summed E-state index contributed by atoms with van der Waals surface area (Å²) >= 11 is 0. The summed E-state index contributed by atoms with van der Waals surface area (Å²) in [5.74, 6) is -0.0958. The summed E-state index contributed by atoms with van der Waals surface area (Å²) in [5.41, 5.74) is 0.595. The molecule has 8 heteroatoms. The Balaban J connectivity index is 1.56. The summed E-state index contributed by atoms with van der Waals surface area (Å²) in [6.45, 7) is 6.71. The number of carbonyl (C=O) groups excluding carboxylic acids is 1. The zero-order chi connectivity index (χ0) is 17.9. The van der Waals surface area contributed by atoms with Gasteiger partial charge in [-0.1, -0.05) is 0 Å². The van der Waals surface area contributed by atoms with Gasteiger partial charge in [0.15, 0.2) is 0 Å². The van der Waals surface area contributed by atoms with Crippen LogP contribution >= 0.6 is 0 Å². The number of hydrogen-bond acceptors (Lipinski definition) is 6. The molecule has 3 rings (SSSR count). The van der Waals surface area contributed by atoms with E-state index in [0.29, 0.717) is 32.8 Å². The highest BCUT2D eigenvalue weighted by molar-refractivity contribution is 5.92. The van der Waals surface area contributed by atoms with Crippen LogP contribution in [0.25, 0.3) is 0 Å². The molecule has 2 N–H and O–H groups in total. The second kappa shape index (κ2) is 7.82. The predicted octanol–water partition coefficient (Wildman–Crippen LogP) is -0.174. The highest BCUT2D eigenvalue weighted by Gasteiger charge is 2.35. The lowest BCUT2D eigenvalue weighted by Crippen LogP contribution is -2.52. The van der Waals surface area contributed by atoms with Crippen LogP contribution in [0.4, 0.5) is 5.69 Å². The monoisotopic (exact) mass is 351 g/mol. The van der Waals surface area contributed by atoms with E-state index >= 15 is 0 Å². The zero-order valence-electron chi connectivity index (χ0n) is 15.2. The molecule has 3 heterocycles. The molecule has 25 heavy (non-hydrogen) atoms. The Hall–Kier alpha value is -1.48. The van der Waals surface area contributed by atoms with Gasteiger partial charge in [0.05, 0.1) is 31.1 Å². The smallest absolute Gasteiger partial charge is 0.238 e. The van der Waals surface area contributed by atoms with E-state index in [2.05, 4.69) is 15.3 Å². The van der Waals surface area contributed by atoms with E-state index in [9.17, 15) is 9.90 Å². The first-order valence-electron chi connectivity index (χ1n) is 8.98. The van der Waals surface area contributed by atoms with Crippen LogP contribution in [0.5, 0.6) is 0 Å². The van der Waals surface area contributed by atoms with Gasteiger partial charge in [-0.15, -0.1) is 0 Å². The molecule has 2 saturated heterocycles. The lowest BCUT2D eigenvalue weighted by atomic mass is 10.0. The van der Waals surface area contributed by atoms with Crippen LogP contribution < -0.4 is 5.32 Å². The van der Waals surface area contributed by atoms with Crippen molar-refractivity contribution in [3.05, 3.63) is 11.9 Å². The number of aryl methyl sites for hydroxylation is 2. The molecule has 0 spiro atoms. The molecule has 140 valence electrons. The number of carbonyl (C=O) groups is 1. The second-order valence-corrected chi connectivity index (χ2v) is 7.32. The second-order valence-electron chi connectivity index (χ2n) is 7.32. The van der Waals surface area contributed by atoms with Gasteiger partial charge < -0.3 is 20.1 Å². The van der Waals surface area contributed by atoms with Crippen LogP contribution in [-0.2, 0) is 16.6 Å². The molecule has 2 fully saturated rings. The standard InChI is InChI=1S/C17H29N5O3/c1-14-15(9-20(2)19-14)18-16(23)10-22-7-8-25-13-17(24,12-22)11-21-5-3-4-6-21/h9,24H,3-8,10-13H2,1-2H3,(H,18,23)/t17-/m1/s1. The van der Waals surface area contributed by atoms with Crippen LogP contribution in [0.2, 0.25) is 0 Å². The minimum atomic E-state index is -0.925. The third kappa shape index (κ3) is 5.01. The summed E-state index contributed by atoms with van der Waals surface area (Å²) in [5, 5.41) is 18.1. The molecule has 0 radical (unpaired) electrons. The average Bonchev–Trinajstić information content (AvgIpc) is 3.08. The van der Waals surface area contributed by atoms with Crippen molar-refractivity contribution in [3.8, 4) is 0 Å². The summed E-state index contributed by atoms with van der Waals surface area (Å²) in [4.78, 5) is 16.6.